The Morgan fingerprint density at radius 1 is 1.29 bits per heavy atom. The lowest BCUT2D eigenvalue weighted by atomic mass is 10.0. The monoisotopic (exact) mass is 314 g/mol. The first kappa shape index (κ1) is 15.9. The van der Waals surface area contributed by atoms with Gasteiger partial charge in [0.15, 0.2) is 0 Å². The minimum absolute atomic E-state index is 0.0219. The van der Waals surface area contributed by atoms with Crippen molar-refractivity contribution in [2.24, 2.45) is 0 Å². The summed E-state index contributed by atoms with van der Waals surface area (Å²) in [5.74, 6) is -0.0448. The van der Waals surface area contributed by atoms with Crippen LogP contribution in [0.3, 0.4) is 0 Å². The molecule has 0 unspecified atom stereocenters. The zero-order valence-electron chi connectivity index (χ0n) is 12.0. The van der Waals surface area contributed by atoms with Crippen molar-refractivity contribution in [3.63, 3.8) is 0 Å². The SMILES string of the molecule is CC(C)c1ccc([N+](=O)[O-])cc1S(=O)(=O)N1CCOCC1. The highest BCUT2D eigenvalue weighted by atomic mass is 32.2. The minimum atomic E-state index is -3.74. The van der Waals surface area contributed by atoms with Crippen LogP contribution in [-0.4, -0.2) is 43.9 Å². The normalized spacial score (nSPS) is 17.1. The van der Waals surface area contributed by atoms with Crippen LogP contribution in [-0.2, 0) is 14.8 Å². The van der Waals surface area contributed by atoms with Gasteiger partial charge < -0.3 is 4.74 Å². The Morgan fingerprint density at radius 2 is 1.90 bits per heavy atom. The molecule has 21 heavy (non-hydrogen) atoms. The molecule has 1 aliphatic rings. The van der Waals surface area contributed by atoms with Crippen molar-refractivity contribution in [2.75, 3.05) is 26.3 Å². The van der Waals surface area contributed by atoms with E-state index in [2.05, 4.69) is 0 Å². The molecule has 0 aliphatic carbocycles. The third kappa shape index (κ3) is 3.22. The largest absolute Gasteiger partial charge is 0.379 e. The van der Waals surface area contributed by atoms with Crippen LogP contribution in [0.25, 0.3) is 0 Å². The molecule has 1 aromatic carbocycles. The van der Waals surface area contributed by atoms with Crippen LogP contribution in [0.5, 0.6) is 0 Å². The van der Waals surface area contributed by atoms with Gasteiger partial charge in [0.05, 0.1) is 23.0 Å². The van der Waals surface area contributed by atoms with E-state index in [0.717, 1.165) is 6.07 Å². The number of nitrogens with zero attached hydrogens (tertiary/aromatic N) is 2. The zero-order valence-corrected chi connectivity index (χ0v) is 12.8. The fourth-order valence-corrected chi connectivity index (χ4v) is 4.04. The van der Waals surface area contributed by atoms with Crippen LogP contribution < -0.4 is 0 Å². The minimum Gasteiger partial charge on any atom is -0.379 e. The van der Waals surface area contributed by atoms with Crippen molar-refractivity contribution in [3.8, 4) is 0 Å². The molecule has 1 aromatic rings. The zero-order chi connectivity index (χ0) is 15.6. The summed E-state index contributed by atoms with van der Waals surface area (Å²) in [6, 6.07) is 4.02. The summed E-state index contributed by atoms with van der Waals surface area (Å²) in [7, 11) is -3.74. The van der Waals surface area contributed by atoms with Gasteiger partial charge in [-0.15, -0.1) is 0 Å². The lowest BCUT2D eigenvalue weighted by Crippen LogP contribution is -2.41. The number of benzene rings is 1. The summed E-state index contributed by atoms with van der Waals surface area (Å²) in [4.78, 5) is 10.4. The maximum absolute atomic E-state index is 12.7. The highest BCUT2D eigenvalue weighted by Gasteiger charge is 2.30. The Balaban J connectivity index is 2.53. The molecular formula is C13H18N2O5S. The molecule has 2 rings (SSSR count). The van der Waals surface area contributed by atoms with Gasteiger partial charge in [0.25, 0.3) is 5.69 Å². The van der Waals surface area contributed by atoms with Crippen LogP contribution in [0, 0.1) is 10.1 Å². The smallest absolute Gasteiger partial charge is 0.270 e. The third-order valence-corrected chi connectivity index (χ3v) is 5.37. The molecule has 1 fully saturated rings. The van der Waals surface area contributed by atoms with Gasteiger partial charge in [0.1, 0.15) is 0 Å². The van der Waals surface area contributed by atoms with E-state index in [9.17, 15) is 18.5 Å². The fraction of sp³-hybridized carbons (Fsp3) is 0.538. The highest BCUT2D eigenvalue weighted by molar-refractivity contribution is 7.89. The van der Waals surface area contributed by atoms with E-state index in [1.807, 2.05) is 13.8 Å². The molecule has 0 N–H and O–H groups in total. The molecule has 0 radical (unpaired) electrons. The molecule has 0 amide bonds. The Hall–Kier alpha value is -1.51. The number of morpholine rings is 1. The van der Waals surface area contributed by atoms with Gasteiger partial charge in [0.2, 0.25) is 10.0 Å². The highest BCUT2D eigenvalue weighted by Crippen LogP contribution is 2.30. The second-order valence-electron chi connectivity index (χ2n) is 5.15. The van der Waals surface area contributed by atoms with E-state index in [0.29, 0.717) is 18.8 Å². The van der Waals surface area contributed by atoms with Crippen molar-refractivity contribution in [2.45, 2.75) is 24.7 Å². The first-order valence-corrected chi connectivity index (χ1v) is 8.14. The average molecular weight is 314 g/mol. The molecule has 1 aliphatic heterocycles. The first-order chi connectivity index (χ1) is 9.84. The molecule has 116 valence electrons. The summed E-state index contributed by atoms with van der Waals surface area (Å²) >= 11 is 0. The van der Waals surface area contributed by atoms with E-state index < -0.39 is 14.9 Å². The van der Waals surface area contributed by atoms with Crippen LogP contribution in [0.4, 0.5) is 5.69 Å². The fourth-order valence-electron chi connectivity index (χ4n) is 2.26. The third-order valence-electron chi connectivity index (χ3n) is 3.42. The van der Waals surface area contributed by atoms with Crippen LogP contribution in [0.1, 0.15) is 25.3 Å². The van der Waals surface area contributed by atoms with Crippen LogP contribution in [0.15, 0.2) is 23.1 Å². The van der Waals surface area contributed by atoms with Gasteiger partial charge in [-0.05, 0) is 11.5 Å². The second kappa shape index (κ2) is 6.08. The van der Waals surface area contributed by atoms with Crippen molar-refractivity contribution < 1.29 is 18.1 Å². The van der Waals surface area contributed by atoms with Gasteiger partial charge in [0, 0.05) is 25.2 Å². The Kier molecular flexibility index (Phi) is 4.60. The van der Waals surface area contributed by atoms with Crippen molar-refractivity contribution in [1.29, 1.82) is 0 Å². The summed E-state index contributed by atoms with van der Waals surface area (Å²) in [5.41, 5.74) is 0.373. The number of nitro benzene ring substituents is 1. The molecule has 0 spiro atoms. The van der Waals surface area contributed by atoms with Crippen LogP contribution in [0.2, 0.25) is 0 Å². The molecule has 0 bridgehead atoms. The van der Waals surface area contributed by atoms with Gasteiger partial charge >= 0.3 is 0 Å². The van der Waals surface area contributed by atoms with Crippen molar-refractivity contribution in [1.82, 2.24) is 4.31 Å². The number of non-ortho nitro benzene ring substituents is 1. The maximum Gasteiger partial charge on any atom is 0.270 e. The molecule has 7 nitrogen and oxygen atoms in total. The Bertz CT molecular complexity index is 636. The molecule has 0 aromatic heterocycles. The number of sulfonamides is 1. The number of hydrogen-bond donors (Lipinski definition) is 0. The number of ether oxygens (including phenoxy) is 1. The van der Waals surface area contributed by atoms with E-state index in [4.69, 9.17) is 4.74 Å². The van der Waals surface area contributed by atoms with Gasteiger partial charge in [-0.2, -0.15) is 4.31 Å². The lowest BCUT2D eigenvalue weighted by molar-refractivity contribution is -0.385. The van der Waals surface area contributed by atoms with E-state index >= 15 is 0 Å². The predicted molar refractivity (Wildman–Crippen MR) is 76.8 cm³/mol. The quantitative estimate of drug-likeness (QED) is 0.623. The molecule has 0 atom stereocenters. The standard InChI is InChI=1S/C13H18N2O5S/c1-10(2)12-4-3-11(15(16)17)9-13(12)21(18,19)14-5-7-20-8-6-14/h3-4,9-10H,5-8H2,1-2H3. The first-order valence-electron chi connectivity index (χ1n) is 6.70. The Labute approximate surface area is 123 Å². The molecule has 8 heteroatoms. The van der Waals surface area contributed by atoms with Gasteiger partial charge in [-0.1, -0.05) is 19.9 Å². The molecular weight excluding hydrogens is 296 g/mol. The molecule has 1 heterocycles. The summed E-state index contributed by atoms with van der Waals surface area (Å²) in [5, 5.41) is 10.9. The van der Waals surface area contributed by atoms with Crippen molar-refractivity contribution in [3.05, 3.63) is 33.9 Å². The molecule has 0 saturated carbocycles. The summed E-state index contributed by atoms with van der Waals surface area (Å²) < 4.78 is 31.9. The van der Waals surface area contributed by atoms with Gasteiger partial charge in [-0.25, -0.2) is 8.42 Å². The van der Waals surface area contributed by atoms with E-state index in [1.165, 1.54) is 16.4 Å². The summed E-state index contributed by atoms with van der Waals surface area (Å²) in [6.07, 6.45) is 0. The van der Waals surface area contributed by atoms with E-state index in [-0.39, 0.29) is 29.6 Å². The Morgan fingerprint density at radius 3 is 2.43 bits per heavy atom. The number of hydrogen-bond acceptors (Lipinski definition) is 5. The maximum atomic E-state index is 12.7. The second-order valence-corrected chi connectivity index (χ2v) is 7.06. The topological polar surface area (TPSA) is 89.8 Å². The number of rotatable bonds is 4. The summed E-state index contributed by atoms with van der Waals surface area (Å²) in [6.45, 7) is 4.93. The predicted octanol–water partition coefficient (Wildman–Crippen LogP) is 1.74. The lowest BCUT2D eigenvalue weighted by Gasteiger charge is -2.27. The number of nitro groups is 1. The van der Waals surface area contributed by atoms with E-state index in [1.54, 1.807) is 0 Å². The van der Waals surface area contributed by atoms with Gasteiger partial charge in [-0.3, -0.25) is 10.1 Å². The molecule has 1 saturated heterocycles. The van der Waals surface area contributed by atoms with Crippen LogP contribution >= 0.6 is 0 Å². The average Bonchev–Trinajstić information content (AvgIpc) is 2.47. The van der Waals surface area contributed by atoms with Crippen molar-refractivity contribution >= 4 is 15.7 Å².